The van der Waals surface area contributed by atoms with Crippen LogP contribution in [0.2, 0.25) is 0 Å². The predicted molar refractivity (Wildman–Crippen MR) is 128 cm³/mol. The molecule has 0 saturated carbocycles. The summed E-state index contributed by atoms with van der Waals surface area (Å²) < 4.78 is 28.2. The SMILES string of the molecule is CC(C)c1ccc(N(CC(=O)Nc2ccc3c(c2)sc(=O)n3C(C)C)S(C)(=O)=O)cc1. The number of aromatic nitrogens is 1. The van der Waals surface area contributed by atoms with Gasteiger partial charge in [-0.15, -0.1) is 0 Å². The molecule has 0 aliphatic rings. The molecule has 0 spiro atoms. The van der Waals surface area contributed by atoms with Crippen molar-refractivity contribution < 1.29 is 13.2 Å². The monoisotopic (exact) mass is 461 g/mol. The summed E-state index contributed by atoms with van der Waals surface area (Å²) in [5.74, 6) is -0.145. The van der Waals surface area contributed by atoms with Crippen LogP contribution in [0.15, 0.2) is 47.3 Å². The highest BCUT2D eigenvalue weighted by molar-refractivity contribution is 7.92. The van der Waals surface area contributed by atoms with Crippen LogP contribution in [-0.2, 0) is 14.8 Å². The second-order valence-electron chi connectivity index (χ2n) is 8.08. The van der Waals surface area contributed by atoms with Crippen molar-refractivity contribution in [2.45, 2.75) is 39.7 Å². The maximum absolute atomic E-state index is 12.7. The van der Waals surface area contributed by atoms with Gasteiger partial charge in [0.05, 0.1) is 22.2 Å². The van der Waals surface area contributed by atoms with Crippen LogP contribution in [0.1, 0.15) is 45.2 Å². The van der Waals surface area contributed by atoms with Gasteiger partial charge in [0.15, 0.2) is 0 Å². The van der Waals surface area contributed by atoms with E-state index in [1.54, 1.807) is 34.9 Å². The Labute approximate surface area is 186 Å². The lowest BCUT2D eigenvalue weighted by atomic mass is 10.0. The normalized spacial score (nSPS) is 12.0. The van der Waals surface area contributed by atoms with Gasteiger partial charge in [-0.25, -0.2) is 8.42 Å². The second-order valence-corrected chi connectivity index (χ2v) is 11.0. The first kappa shape index (κ1) is 23.0. The van der Waals surface area contributed by atoms with Crippen molar-refractivity contribution in [3.05, 3.63) is 57.7 Å². The van der Waals surface area contributed by atoms with Crippen LogP contribution in [-0.4, -0.2) is 31.7 Å². The summed E-state index contributed by atoms with van der Waals surface area (Å²) in [6, 6.07) is 12.4. The van der Waals surface area contributed by atoms with E-state index in [-0.39, 0.29) is 17.5 Å². The molecule has 0 fully saturated rings. The summed E-state index contributed by atoms with van der Waals surface area (Å²) >= 11 is 1.12. The van der Waals surface area contributed by atoms with Gasteiger partial charge in [0, 0.05) is 11.7 Å². The highest BCUT2D eigenvalue weighted by Crippen LogP contribution is 2.25. The lowest BCUT2D eigenvalue weighted by Gasteiger charge is -2.22. The van der Waals surface area contributed by atoms with Gasteiger partial charge in [-0.3, -0.25) is 18.5 Å². The van der Waals surface area contributed by atoms with Crippen LogP contribution in [0.5, 0.6) is 0 Å². The fourth-order valence-electron chi connectivity index (χ4n) is 3.36. The van der Waals surface area contributed by atoms with Crippen molar-refractivity contribution in [2.75, 3.05) is 22.4 Å². The molecule has 31 heavy (non-hydrogen) atoms. The largest absolute Gasteiger partial charge is 0.324 e. The van der Waals surface area contributed by atoms with E-state index in [1.807, 2.05) is 26.0 Å². The lowest BCUT2D eigenvalue weighted by Crippen LogP contribution is -2.37. The van der Waals surface area contributed by atoms with Crippen LogP contribution in [0.25, 0.3) is 10.2 Å². The molecule has 166 valence electrons. The Hall–Kier alpha value is -2.65. The smallest absolute Gasteiger partial charge is 0.308 e. The molecule has 9 heteroatoms. The minimum atomic E-state index is -3.66. The third-order valence-electron chi connectivity index (χ3n) is 4.95. The molecule has 0 unspecified atom stereocenters. The molecular weight excluding hydrogens is 434 g/mol. The number of sulfonamides is 1. The van der Waals surface area contributed by atoms with E-state index in [1.165, 1.54) is 0 Å². The number of thiazole rings is 1. The number of fused-ring (bicyclic) bond motifs is 1. The Morgan fingerprint density at radius 1 is 1.10 bits per heavy atom. The molecule has 3 rings (SSSR count). The average Bonchev–Trinajstić information content (AvgIpc) is 3.00. The Bertz CT molecular complexity index is 1260. The number of carbonyl (C=O) groups is 1. The van der Waals surface area contributed by atoms with Crippen LogP contribution in [0, 0.1) is 0 Å². The van der Waals surface area contributed by atoms with E-state index in [0.29, 0.717) is 17.3 Å². The van der Waals surface area contributed by atoms with E-state index < -0.39 is 15.9 Å². The molecular formula is C22H27N3O4S2. The molecule has 1 amide bonds. The van der Waals surface area contributed by atoms with Gasteiger partial charge in [0.25, 0.3) is 0 Å². The number of benzene rings is 2. The number of amides is 1. The molecule has 1 N–H and O–H groups in total. The van der Waals surface area contributed by atoms with Crippen molar-refractivity contribution >= 4 is 48.9 Å². The third kappa shape index (κ3) is 5.16. The van der Waals surface area contributed by atoms with E-state index in [2.05, 4.69) is 19.2 Å². The van der Waals surface area contributed by atoms with Crippen LogP contribution < -0.4 is 14.5 Å². The van der Waals surface area contributed by atoms with E-state index in [4.69, 9.17) is 0 Å². The minimum absolute atomic E-state index is 0.0343. The number of nitrogens with one attached hydrogen (secondary N) is 1. The van der Waals surface area contributed by atoms with Gasteiger partial charge in [0.1, 0.15) is 6.54 Å². The number of nitrogens with zero attached hydrogens (tertiary/aromatic N) is 2. The number of hydrogen-bond donors (Lipinski definition) is 1. The molecule has 2 aromatic carbocycles. The summed E-state index contributed by atoms with van der Waals surface area (Å²) in [5, 5.41) is 2.74. The van der Waals surface area contributed by atoms with Gasteiger partial charge in [-0.1, -0.05) is 37.3 Å². The number of rotatable bonds is 7. The first-order valence-electron chi connectivity index (χ1n) is 10.00. The topological polar surface area (TPSA) is 88.5 Å². The summed E-state index contributed by atoms with van der Waals surface area (Å²) in [6.45, 7) is 7.65. The average molecular weight is 462 g/mol. The summed E-state index contributed by atoms with van der Waals surface area (Å²) in [6.07, 6.45) is 1.08. The Morgan fingerprint density at radius 3 is 2.29 bits per heavy atom. The first-order chi connectivity index (χ1) is 14.5. The van der Waals surface area contributed by atoms with E-state index in [0.717, 1.165) is 37.7 Å². The molecule has 0 atom stereocenters. The van der Waals surface area contributed by atoms with E-state index >= 15 is 0 Å². The summed E-state index contributed by atoms with van der Waals surface area (Å²) in [4.78, 5) is 24.8. The zero-order valence-electron chi connectivity index (χ0n) is 18.2. The van der Waals surface area contributed by atoms with Crippen molar-refractivity contribution in [3.8, 4) is 0 Å². The standard InChI is InChI=1S/C22H27N3O4S2/c1-14(2)16-6-9-18(10-7-16)24(31(5,28)29)13-21(26)23-17-8-11-19-20(12-17)30-22(27)25(19)15(3)4/h6-12,14-15H,13H2,1-5H3,(H,23,26). The molecule has 7 nitrogen and oxygen atoms in total. The highest BCUT2D eigenvalue weighted by Gasteiger charge is 2.21. The molecule has 0 radical (unpaired) electrons. The fourth-order valence-corrected chi connectivity index (χ4v) is 5.27. The molecule has 1 aromatic heterocycles. The highest BCUT2D eigenvalue weighted by atomic mass is 32.2. The van der Waals surface area contributed by atoms with E-state index in [9.17, 15) is 18.0 Å². The van der Waals surface area contributed by atoms with Gasteiger partial charge in [-0.05, 0) is 55.7 Å². The molecule has 0 aliphatic heterocycles. The Kier molecular flexibility index (Phi) is 6.56. The van der Waals surface area contributed by atoms with Crippen LogP contribution in [0.4, 0.5) is 11.4 Å². The molecule has 1 heterocycles. The maximum atomic E-state index is 12.7. The van der Waals surface area contributed by atoms with Gasteiger partial charge < -0.3 is 5.32 Å². The van der Waals surface area contributed by atoms with Gasteiger partial charge in [-0.2, -0.15) is 0 Å². The molecule has 0 aliphatic carbocycles. The quantitative estimate of drug-likeness (QED) is 0.572. The molecule has 0 bridgehead atoms. The third-order valence-corrected chi connectivity index (χ3v) is 7.01. The Balaban J connectivity index is 1.82. The lowest BCUT2D eigenvalue weighted by molar-refractivity contribution is -0.114. The van der Waals surface area contributed by atoms with Crippen molar-refractivity contribution in [2.24, 2.45) is 0 Å². The zero-order chi connectivity index (χ0) is 22.9. The maximum Gasteiger partial charge on any atom is 0.308 e. The van der Waals surface area contributed by atoms with Crippen LogP contribution >= 0.6 is 11.3 Å². The van der Waals surface area contributed by atoms with Gasteiger partial charge >= 0.3 is 4.87 Å². The number of anilines is 2. The predicted octanol–water partition coefficient (Wildman–Crippen LogP) is 4.17. The van der Waals surface area contributed by atoms with Crippen molar-refractivity contribution in [1.29, 1.82) is 0 Å². The van der Waals surface area contributed by atoms with Crippen molar-refractivity contribution in [3.63, 3.8) is 0 Å². The zero-order valence-corrected chi connectivity index (χ0v) is 19.9. The summed E-state index contributed by atoms with van der Waals surface area (Å²) in [7, 11) is -3.66. The number of carbonyl (C=O) groups excluding carboxylic acids is 1. The van der Waals surface area contributed by atoms with Crippen molar-refractivity contribution in [1.82, 2.24) is 4.57 Å². The van der Waals surface area contributed by atoms with Crippen LogP contribution in [0.3, 0.4) is 0 Å². The minimum Gasteiger partial charge on any atom is -0.324 e. The molecule has 0 saturated heterocycles. The molecule has 3 aromatic rings. The summed E-state index contributed by atoms with van der Waals surface area (Å²) in [5.41, 5.74) is 2.84. The Morgan fingerprint density at radius 2 is 1.74 bits per heavy atom. The first-order valence-corrected chi connectivity index (χ1v) is 12.7. The fraction of sp³-hybridized carbons (Fsp3) is 0.364. The number of hydrogen-bond acceptors (Lipinski definition) is 5. The van der Waals surface area contributed by atoms with Gasteiger partial charge in [0.2, 0.25) is 15.9 Å². The second kappa shape index (κ2) is 8.84.